The van der Waals surface area contributed by atoms with Gasteiger partial charge in [0.2, 0.25) is 11.8 Å². The van der Waals surface area contributed by atoms with Gasteiger partial charge in [-0.1, -0.05) is 36.4 Å². The third-order valence-electron chi connectivity index (χ3n) is 11.6. The maximum absolute atomic E-state index is 13.9. The lowest BCUT2D eigenvalue weighted by Gasteiger charge is -2.50. The Morgan fingerprint density at radius 1 is 1.08 bits per heavy atom. The van der Waals surface area contributed by atoms with Crippen LogP contribution in [0.1, 0.15) is 67.6 Å². The first-order valence-electron chi connectivity index (χ1n) is 17.6. The molecule has 4 aliphatic rings. The molecule has 5 aromatic rings. The van der Waals surface area contributed by atoms with E-state index in [1.165, 1.54) is 0 Å². The minimum Gasteiger partial charge on any atom is -0.374 e. The van der Waals surface area contributed by atoms with Gasteiger partial charge in [0, 0.05) is 87.3 Å². The number of rotatable bonds is 10. The van der Waals surface area contributed by atoms with E-state index in [0.717, 1.165) is 49.2 Å². The van der Waals surface area contributed by atoms with Crippen molar-refractivity contribution >= 4 is 61.3 Å². The zero-order valence-corrected chi connectivity index (χ0v) is 28.9. The highest BCUT2D eigenvalue weighted by Gasteiger charge is 2.55. The van der Waals surface area contributed by atoms with Crippen LogP contribution in [0, 0.1) is 12.3 Å². The number of aromatic nitrogens is 2. The van der Waals surface area contributed by atoms with E-state index in [-0.39, 0.29) is 30.6 Å². The molecule has 0 unspecified atom stereocenters. The van der Waals surface area contributed by atoms with Crippen molar-refractivity contribution in [2.75, 3.05) is 20.7 Å². The van der Waals surface area contributed by atoms with E-state index < -0.39 is 29.8 Å². The molecule has 3 aromatic carbocycles. The molecule has 0 spiro atoms. The molecular weight excluding hydrogens is 646 g/mol. The van der Waals surface area contributed by atoms with Crippen LogP contribution in [-0.4, -0.2) is 70.3 Å². The second-order valence-corrected chi connectivity index (χ2v) is 14.3. The quantitative estimate of drug-likeness (QED) is 0.189. The lowest BCUT2D eigenvalue weighted by molar-refractivity contribution is -0.266. The second-order valence-electron chi connectivity index (χ2n) is 14.3. The van der Waals surface area contributed by atoms with Crippen LogP contribution in [-0.2, 0) is 31.3 Å². The highest BCUT2D eigenvalue weighted by molar-refractivity contribution is 6.31. The summed E-state index contributed by atoms with van der Waals surface area (Å²) in [6, 6.07) is 16.0. The first-order chi connectivity index (χ1) is 24.7. The summed E-state index contributed by atoms with van der Waals surface area (Å²) in [4.78, 5) is 42.1. The molecule has 260 valence electrons. The zero-order valence-electron chi connectivity index (χ0n) is 28.9. The van der Waals surface area contributed by atoms with Crippen LogP contribution in [0.4, 0.5) is 0 Å². The van der Waals surface area contributed by atoms with Crippen LogP contribution < -0.4 is 10.6 Å². The number of carbonyl (C=O) groups excluding carboxylic acids is 3. The van der Waals surface area contributed by atoms with Gasteiger partial charge in [0.05, 0.1) is 33.7 Å². The molecule has 2 bridgehead atoms. The fourth-order valence-corrected chi connectivity index (χ4v) is 9.13. The zero-order chi connectivity index (χ0) is 35.2. The van der Waals surface area contributed by atoms with Crippen molar-refractivity contribution in [2.45, 2.75) is 81.8 Å². The van der Waals surface area contributed by atoms with Crippen LogP contribution >= 0.6 is 0 Å². The summed E-state index contributed by atoms with van der Waals surface area (Å²) in [6.07, 6.45) is 6.71. The Balaban J connectivity index is 1.10. The number of benzene rings is 3. The number of ether oxygens (including phenoxy) is 2. The maximum Gasteiger partial charge on any atom is 0.252 e. The van der Waals surface area contributed by atoms with Crippen molar-refractivity contribution in [3.05, 3.63) is 59.7 Å². The van der Waals surface area contributed by atoms with Gasteiger partial charge in [-0.25, -0.2) is 0 Å². The van der Waals surface area contributed by atoms with E-state index in [4.69, 9.17) is 15.9 Å². The topological polar surface area (TPSA) is 132 Å². The molecule has 9 rings (SSSR count). The number of nitrogens with one attached hydrogen (secondary N) is 2. The molecule has 3 amide bonds. The molecule has 6 heterocycles. The van der Waals surface area contributed by atoms with Crippen molar-refractivity contribution in [3.63, 3.8) is 0 Å². The van der Waals surface area contributed by atoms with Crippen LogP contribution in [0.2, 0.25) is 0 Å². The number of terminal acetylenes is 1. The number of carbonyl (C=O) groups is 3. The largest absolute Gasteiger partial charge is 0.374 e. The van der Waals surface area contributed by atoms with Gasteiger partial charge in [0.25, 0.3) is 5.91 Å². The fraction of sp³-hybridized carbons (Fsp3) is 0.410. The van der Waals surface area contributed by atoms with E-state index in [2.05, 4.69) is 60.2 Å². The summed E-state index contributed by atoms with van der Waals surface area (Å²) < 4.78 is 18.1. The standard InChI is InChI=1S/C39H39N7O5/c1-5-6-17-39(42-43-39)18-19-40-28(47)15-16-29(48)44(3)27-20-30-45-25-13-9-7-11-22(25)32-33-24(21-41-37(33)49)31-23-12-8-10-14-26(23)46(35(31)34(32)45)38(2,51-30)36(27)50-4/h1,7-14,27,30,36H,6,15-21H2,2-4H3,(H,40,47)(H,41,49)/t27-,30-,36-,38+/m1/s1. The van der Waals surface area contributed by atoms with Gasteiger partial charge in [-0.2, -0.15) is 10.2 Å². The van der Waals surface area contributed by atoms with Crippen molar-refractivity contribution in [1.82, 2.24) is 24.7 Å². The second kappa shape index (κ2) is 11.4. The Morgan fingerprint density at radius 3 is 2.53 bits per heavy atom. The Hall–Kier alpha value is -5.25. The number of likely N-dealkylation sites (N-methyl/N-ethyl adjacent to an activating group) is 1. The van der Waals surface area contributed by atoms with Crippen molar-refractivity contribution in [1.29, 1.82) is 0 Å². The molecule has 0 saturated carbocycles. The van der Waals surface area contributed by atoms with Gasteiger partial charge in [0.15, 0.2) is 11.4 Å². The van der Waals surface area contributed by atoms with E-state index in [1.807, 2.05) is 31.2 Å². The van der Waals surface area contributed by atoms with Crippen LogP contribution in [0.15, 0.2) is 58.8 Å². The number of amides is 3. The lowest BCUT2D eigenvalue weighted by atomic mass is 9.91. The number of para-hydroxylation sites is 2. The Bertz CT molecular complexity index is 2400. The fourth-order valence-electron chi connectivity index (χ4n) is 9.13. The molecule has 2 aromatic heterocycles. The molecule has 4 atom stereocenters. The predicted molar refractivity (Wildman–Crippen MR) is 192 cm³/mol. The molecule has 4 aliphatic heterocycles. The highest BCUT2D eigenvalue weighted by atomic mass is 16.6. The summed E-state index contributed by atoms with van der Waals surface area (Å²) in [6.45, 7) is 2.90. The number of hydrogen-bond donors (Lipinski definition) is 2. The molecule has 2 N–H and O–H groups in total. The van der Waals surface area contributed by atoms with Crippen molar-refractivity contribution < 1.29 is 23.9 Å². The van der Waals surface area contributed by atoms with E-state index >= 15 is 0 Å². The first kappa shape index (κ1) is 31.7. The molecule has 1 saturated heterocycles. The Labute approximate surface area is 294 Å². The van der Waals surface area contributed by atoms with Crippen LogP contribution in [0.3, 0.4) is 0 Å². The average Bonchev–Trinajstić information content (AvgIpc) is 3.51. The number of nitrogens with zero attached hydrogens (tertiary/aromatic N) is 5. The molecule has 1 fully saturated rings. The molecule has 51 heavy (non-hydrogen) atoms. The average molecular weight is 686 g/mol. The summed E-state index contributed by atoms with van der Waals surface area (Å²) in [5.74, 6) is 2.18. The number of fused-ring (bicyclic) bond motifs is 13. The van der Waals surface area contributed by atoms with E-state index in [1.54, 1.807) is 19.1 Å². The Kier molecular flexibility index (Phi) is 7.08. The van der Waals surface area contributed by atoms with Gasteiger partial charge in [0.1, 0.15) is 12.3 Å². The van der Waals surface area contributed by atoms with Gasteiger partial charge in [-0.15, -0.1) is 12.3 Å². The van der Waals surface area contributed by atoms with Crippen LogP contribution in [0.25, 0.3) is 43.6 Å². The number of hydrogen-bond acceptors (Lipinski definition) is 7. The minimum atomic E-state index is -1.05. The van der Waals surface area contributed by atoms with Gasteiger partial charge < -0.3 is 34.1 Å². The molecule has 0 radical (unpaired) electrons. The normalized spacial score (nSPS) is 23.8. The van der Waals surface area contributed by atoms with E-state index in [0.29, 0.717) is 44.3 Å². The summed E-state index contributed by atoms with van der Waals surface area (Å²) in [7, 11) is 3.46. The maximum atomic E-state index is 13.9. The SMILES string of the molecule is C#CCCC1(CCNC(=O)CCC(=O)N(C)[C@@H]2C[C@H]3O[C@@](C)([C@@H]2OC)n2c4ccccc4c4c5c(c6c7ccccc7n3c6c42)C(=O)NC5)N=N1. The lowest BCUT2D eigenvalue weighted by Crippen LogP contribution is -2.61. The van der Waals surface area contributed by atoms with Crippen molar-refractivity contribution in [2.24, 2.45) is 10.2 Å². The monoisotopic (exact) mass is 685 g/mol. The molecule has 0 aliphatic carbocycles. The molecular formula is C39H39N7O5. The van der Waals surface area contributed by atoms with Crippen LogP contribution in [0.5, 0.6) is 0 Å². The highest BCUT2D eigenvalue weighted by Crippen LogP contribution is 2.54. The molecule has 12 nitrogen and oxygen atoms in total. The summed E-state index contributed by atoms with van der Waals surface area (Å²) in [5, 5.41) is 18.2. The van der Waals surface area contributed by atoms with Gasteiger partial charge in [-0.3, -0.25) is 14.4 Å². The smallest absolute Gasteiger partial charge is 0.252 e. The van der Waals surface area contributed by atoms with Gasteiger partial charge >= 0.3 is 0 Å². The first-order valence-corrected chi connectivity index (χ1v) is 17.6. The minimum absolute atomic E-state index is 0.0456. The predicted octanol–water partition coefficient (Wildman–Crippen LogP) is 5.46. The Morgan fingerprint density at radius 2 is 1.80 bits per heavy atom. The summed E-state index contributed by atoms with van der Waals surface area (Å²) in [5.41, 5.74) is 4.03. The summed E-state index contributed by atoms with van der Waals surface area (Å²) >= 11 is 0. The third-order valence-corrected chi connectivity index (χ3v) is 11.6. The van der Waals surface area contributed by atoms with Crippen molar-refractivity contribution in [3.8, 4) is 12.3 Å². The van der Waals surface area contributed by atoms with E-state index in [9.17, 15) is 14.4 Å². The van der Waals surface area contributed by atoms with Gasteiger partial charge in [-0.05, 0) is 24.6 Å². The number of methoxy groups -OCH3 is 1. The third kappa shape index (κ3) is 4.50. The molecule has 12 heteroatoms.